The van der Waals surface area contributed by atoms with Crippen molar-refractivity contribution in [2.45, 2.75) is 19.1 Å². The van der Waals surface area contributed by atoms with Gasteiger partial charge in [0, 0.05) is 26.8 Å². The minimum atomic E-state index is -1.04. The minimum Gasteiger partial charge on any atom is -0.466 e. The summed E-state index contributed by atoms with van der Waals surface area (Å²) in [6, 6.07) is 7.65. The smallest absolute Gasteiger partial charge is 0.306 e. The Kier molecular flexibility index (Phi) is 6.44. The SMILES string of the molecule is CCOC(=O)CCS(=O)Cc1ccccc1Br. The molecule has 0 aliphatic carbocycles. The lowest BCUT2D eigenvalue weighted by Gasteiger charge is -2.04. The average Bonchev–Trinajstić information content (AvgIpc) is 2.30. The summed E-state index contributed by atoms with van der Waals surface area (Å²) >= 11 is 3.40. The van der Waals surface area contributed by atoms with Crippen LogP contribution in [0.5, 0.6) is 0 Å². The summed E-state index contributed by atoms with van der Waals surface area (Å²) in [4.78, 5) is 11.1. The third kappa shape index (κ3) is 5.46. The van der Waals surface area contributed by atoms with E-state index in [1.165, 1.54) is 0 Å². The second-order valence-electron chi connectivity index (χ2n) is 3.43. The molecular formula is C12H15BrO3S. The summed E-state index contributed by atoms with van der Waals surface area (Å²) in [7, 11) is -1.04. The molecule has 0 N–H and O–H groups in total. The molecule has 1 aromatic rings. The maximum atomic E-state index is 11.8. The normalized spacial score (nSPS) is 12.1. The number of rotatable bonds is 6. The average molecular weight is 319 g/mol. The first-order chi connectivity index (χ1) is 8.13. The van der Waals surface area contributed by atoms with Gasteiger partial charge in [-0.15, -0.1) is 0 Å². The monoisotopic (exact) mass is 318 g/mol. The quantitative estimate of drug-likeness (QED) is 0.757. The van der Waals surface area contributed by atoms with E-state index in [1.54, 1.807) is 6.92 Å². The lowest BCUT2D eigenvalue weighted by molar-refractivity contribution is -0.142. The fourth-order valence-corrected chi connectivity index (χ4v) is 3.04. The van der Waals surface area contributed by atoms with Crippen LogP contribution < -0.4 is 0 Å². The number of hydrogen-bond acceptors (Lipinski definition) is 3. The summed E-state index contributed by atoms with van der Waals surface area (Å²) in [5.41, 5.74) is 0.995. The van der Waals surface area contributed by atoms with Crippen LogP contribution in [0.2, 0.25) is 0 Å². The highest BCUT2D eigenvalue weighted by molar-refractivity contribution is 9.10. The van der Waals surface area contributed by atoms with E-state index < -0.39 is 10.8 Å². The van der Waals surface area contributed by atoms with Gasteiger partial charge in [0.15, 0.2) is 0 Å². The number of halogens is 1. The van der Waals surface area contributed by atoms with E-state index in [-0.39, 0.29) is 12.4 Å². The van der Waals surface area contributed by atoms with Crippen molar-refractivity contribution in [1.29, 1.82) is 0 Å². The van der Waals surface area contributed by atoms with Crippen molar-refractivity contribution in [3.8, 4) is 0 Å². The topological polar surface area (TPSA) is 43.4 Å². The molecule has 1 atom stereocenters. The van der Waals surface area contributed by atoms with Crippen molar-refractivity contribution >= 4 is 32.7 Å². The summed E-state index contributed by atoms with van der Waals surface area (Å²) in [6.07, 6.45) is 0.213. The van der Waals surface area contributed by atoms with Crippen molar-refractivity contribution in [1.82, 2.24) is 0 Å². The molecule has 0 bridgehead atoms. The van der Waals surface area contributed by atoms with Crippen LogP contribution in [0.15, 0.2) is 28.7 Å². The van der Waals surface area contributed by atoms with E-state index >= 15 is 0 Å². The first-order valence-electron chi connectivity index (χ1n) is 5.37. The van der Waals surface area contributed by atoms with Crippen LogP contribution in [0.4, 0.5) is 0 Å². The highest BCUT2D eigenvalue weighted by Gasteiger charge is 2.08. The number of carbonyl (C=O) groups excluding carboxylic acids is 1. The zero-order valence-corrected chi connectivity index (χ0v) is 12.1. The first kappa shape index (κ1) is 14.4. The van der Waals surface area contributed by atoms with Crippen molar-refractivity contribution in [3.05, 3.63) is 34.3 Å². The standard InChI is InChI=1S/C12H15BrO3S/c1-2-16-12(14)7-8-17(15)9-10-5-3-4-6-11(10)13/h3-6H,2,7-9H2,1H3. The second-order valence-corrected chi connectivity index (χ2v) is 5.87. The van der Waals surface area contributed by atoms with Gasteiger partial charge in [-0.1, -0.05) is 34.1 Å². The molecule has 1 unspecified atom stereocenters. The predicted molar refractivity (Wildman–Crippen MR) is 72.1 cm³/mol. The molecule has 3 nitrogen and oxygen atoms in total. The molecule has 0 aliphatic heterocycles. The zero-order valence-electron chi connectivity index (χ0n) is 9.65. The van der Waals surface area contributed by atoms with Crippen LogP contribution in [-0.4, -0.2) is 22.5 Å². The molecule has 1 aromatic carbocycles. The molecule has 0 fully saturated rings. The summed E-state index contributed by atoms with van der Waals surface area (Å²) in [5.74, 6) is 0.522. The molecule has 1 rings (SSSR count). The van der Waals surface area contributed by atoms with Gasteiger partial charge in [-0.05, 0) is 18.6 Å². The number of benzene rings is 1. The first-order valence-corrected chi connectivity index (χ1v) is 7.65. The zero-order chi connectivity index (χ0) is 12.7. The van der Waals surface area contributed by atoms with Gasteiger partial charge in [0.05, 0.1) is 13.0 Å². The van der Waals surface area contributed by atoms with Crippen molar-refractivity contribution in [2.75, 3.05) is 12.4 Å². The van der Waals surface area contributed by atoms with Crippen LogP contribution in [0.25, 0.3) is 0 Å². The third-order valence-corrected chi connectivity index (χ3v) is 4.18. The molecule has 0 saturated carbocycles. The maximum absolute atomic E-state index is 11.8. The van der Waals surface area contributed by atoms with E-state index in [0.29, 0.717) is 18.1 Å². The van der Waals surface area contributed by atoms with Crippen molar-refractivity contribution < 1.29 is 13.7 Å². The number of hydrogen-bond donors (Lipinski definition) is 0. The van der Waals surface area contributed by atoms with E-state index in [4.69, 9.17) is 4.74 Å². The van der Waals surface area contributed by atoms with Gasteiger partial charge < -0.3 is 4.74 Å². The Hall–Kier alpha value is -0.680. The molecule has 0 amide bonds. The van der Waals surface area contributed by atoms with Gasteiger partial charge >= 0.3 is 5.97 Å². The summed E-state index contributed by atoms with van der Waals surface area (Å²) < 4.78 is 17.5. The number of carbonyl (C=O) groups is 1. The Balaban J connectivity index is 2.40. The Morgan fingerprint density at radius 1 is 1.41 bits per heavy atom. The number of ether oxygens (including phenoxy) is 1. The summed E-state index contributed by atoms with van der Waals surface area (Å²) in [5, 5.41) is 0. The van der Waals surface area contributed by atoms with Crippen LogP contribution in [0, 0.1) is 0 Å². The number of esters is 1. The van der Waals surface area contributed by atoms with E-state index in [1.807, 2.05) is 24.3 Å². The molecular weight excluding hydrogens is 304 g/mol. The van der Waals surface area contributed by atoms with Gasteiger partial charge in [-0.25, -0.2) is 0 Å². The molecule has 0 aromatic heterocycles. The van der Waals surface area contributed by atoms with Crippen LogP contribution >= 0.6 is 15.9 Å². The molecule has 5 heteroatoms. The van der Waals surface area contributed by atoms with E-state index in [2.05, 4.69) is 15.9 Å². The predicted octanol–water partition coefficient (Wildman–Crippen LogP) is 2.65. The molecule has 0 radical (unpaired) electrons. The third-order valence-electron chi connectivity index (χ3n) is 2.11. The maximum Gasteiger partial charge on any atom is 0.306 e. The van der Waals surface area contributed by atoms with Crippen molar-refractivity contribution in [3.63, 3.8) is 0 Å². The van der Waals surface area contributed by atoms with Gasteiger partial charge in [0.1, 0.15) is 0 Å². The van der Waals surface area contributed by atoms with Gasteiger partial charge in [0.25, 0.3) is 0 Å². The van der Waals surface area contributed by atoms with E-state index in [9.17, 15) is 9.00 Å². The Morgan fingerprint density at radius 3 is 2.76 bits per heavy atom. The Bertz CT molecular complexity index is 406. The fourth-order valence-electron chi connectivity index (χ4n) is 1.29. The molecule has 17 heavy (non-hydrogen) atoms. The Labute approximate surface area is 112 Å². The Morgan fingerprint density at radius 2 is 2.12 bits per heavy atom. The molecule has 0 spiro atoms. The molecule has 94 valence electrons. The van der Waals surface area contributed by atoms with Gasteiger partial charge in [0.2, 0.25) is 0 Å². The molecule has 0 saturated heterocycles. The summed E-state index contributed by atoms with van der Waals surface area (Å²) in [6.45, 7) is 2.13. The van der Waals surface area contributed by atoms with Gasteiger partial charge in [-0.2, -0.15) is 0 Å². The highest BCUT2D eigenvalue weighted by Crippen LogP contribution is 2.17. The second kappa shape index (κ2) is 7.61. The van der Waals surface area contributed by atoms with Crippen LogP contribution in [0.3, 0.4) is 0 Å². The van der Waals surface area contributed by atoms with Crippen molar-refractivity contribution in [2.24, 2.45) is 0 Å². The molecule has 0 aliphatic rings. The van der Waals surface area contributed by atoms with Gasteiger partial charge in [-0.3, -0.25) is 9.00 Å². The van der Waals surface area contributed by atoms with Crippen LogP contribution in [0.1, 0.15) is 18.9 Å². The largest absolute Gasteiger partial charge is 0.466 e. The molecule has 0 heterocycles. The van der Waals surface area contributed by atoms with Crippen LogP contribution in [-0.2, 0) is 26.1 Å². The van der Waals surface area contributed by atoms with E-state index in [0.717, 1.165) is 10.0 Å². The lowest BCUT2D eigenvalue weighted by atomic mass is 10.2. The minimum absolute atomic E-state index is 0.213. The lowest BCUT2D eigenvalue weighted by Crippen LogP contribution is -2.10. The fraction of sp³-hybridized carbons (Fsp3) is 0.417. The highest BCUT2D eigenvalue weighted by atomic mass is 79.9.